The molecule has 2 saturated heterocycles. The monoisotopic (exact) mass is 1560 g/mol. The third kappa shape index (κ3) is 55.3. The van der Waals surface area contributed by atoms with Crippen molar-refractivity contribution >= 4 is 88.5 Å². The number of terminal acetylenes is 1. The molecule has 0 amide bonds. The Labute approximate surface area is 625 Å². The Morgan fingerprint density at radius 2 is 0.677 bits per heavy atom. The first-order valence-corrected chi connectivity index (χ1v) is 67.9. The van der Waals surface area contributed by atoms with E-state index < -0.39 is 88.3 Å². The van der Waals surface area contributed by atoms with Crippen molar-refractivity contribution in [2.45, 2.75) is 381 Å². The number of carbonyl (C=O) groups is 1. The summed E-state index contributed by atoms with van der Waals surface area (Å²) in [6.45, 7) is 99.4. The van der Waals surface area contributed by atoms with E-state index in [-0.39, 0.29) is 62.8 Å². The average Bonchev–Trinajstić information content (AvgIpc) is 1.13. The summed E-state index contributed by atoms with van der Waals surface area (Å²) < 4.78 is 47.0. The van der Waals surface area contributed by atoms with Gasteiger partial charge in [-0.2, -0.15) is 0 Å². The van der Waals surface area contributed by atoms with E-state index >= 15 is 0 Å². The molecular formula is C77H162O12Si10. The van der Waals surface area contributed by atoms with Crippen molar-refractivity contribution in [3.05, 3.63) is 0 Å². The van der Waals surface area contributed by atoms with Gasteiger partial charge in [-0.1, -0.05) is 203 Å². The predicted octanol–water partition coefficient (Wildman–Crippen LogP) is 20.2. The molecule has 0 unspecified atom stereocenters. The lowest BCUT2D eigenvalue weighted by molar-refractivity contribution is -0.114. The van der Waals surface area contributed by atoms with Gasteiger partial charge in [0.05, 0.1) is 64.6 Å². The van der Waals surface area contributed by atoms with Crippen LogP contribution < -0.4 is 0 Å². The molecule has 0 aromatic carbocycles. The van der Waals surface area contributed by atoms with Crippen LogP contribution in [0.25, 0.3) is 0 Å². The van der Waals surface area contributed by atoms with Gasteiger partial charge in [-0.3, -0.25) is 0 Å². The molecule has 3 N–H and O–H groups in total. The molecule has 0 saturated carbocycles. The first-order valence-electron chi connectivity index (χ1n) is 36.5. The Bertz CT molecular complexity index is 2560. The van der Waals surface area contributed by atoms with Crippen molar-refractivity contribution in [3.63, 3.8) is 0 Å². The fraction of sp³-hybridized carbons (Fsp3) is 0.857. The van der Waals surface area contributed by atoms with Crippen LogP contribution in [0.2, 0.25) is 187 Å². The number of hydrogen-bond donors (Lipinski definition) is 3. The van der Waals surface area contributed by atoms with E-state index in [4.69, 9.17) is 36.4 Å². The fourth-order valence-corrected chi connectivity index (χ4v) is 15.4. The fourth-order valence-electron chi connectivity index (χ4n) is 5.80. The molecule has 0 aromatic heterocycles. The molecular weight excluding hydrogens is 1400 g/mol. The molecule has 12 nitrogen and oxygen atoms in total. The van der Waals surface area contributed by atoms with Crippen LogP contribution >= 0.6 is 0 Å². The van der Waals surface area contributed by atoms with Crippen molar-refractivity contribution in [2.75, 3.05) is 46.2 Å². The van der Waals surface area contributed by atoms with Gasteiger partial charge < -0.3 is 56.1 Å². The lowest BCUT2D eigenvalue weighted by atomic mass is 10.2. The second-order valence-corrected chi connectivity index (χ2v) is 87.7. The van der Waals surface area contributed by atoms with Crippen molar-refractivity contribution in [1.82, 2.24) is 0 Å². The van der Waals surface area contributed by atoms with Crippen molar-refractivity contribution in [3.8, 4) is 58.2 Å². The van der Waals surface area contributed by atoms with Crippen LogP contribution in [0.1, 0.15) is 157 Å². The number of aliphatic hydroxyl groups is 3. The predicted molar refractivity (Wildman–Crippen MR) is 459 cm³/mol. The second-order valence-electron chi connectivity index (χ2n) is 40.0. The average molecular weight is 1560 g/mol. The van der Waals surface area contributed by atoms with Crippen molar-refractivity contribution in [2.24, 2.45) is 0 Å². The minimum absolute atomic E-state index is 0.0624. The first-order chi connectivity index (χ1) is 43.6. The van der Waals surface area contributed by atoms with Gasteiger partial charge in [0.1, 0.15) is 56.9 Å². The van der Waals surface area contributed by atoms with Crippen LogP contribution in [0.3, 0.4) is 0 Å². The molecule has 99 heavy (non-hydrogen) atoms. The smallest absolute Gasteiger partial charge is 0.193 e. The summed E-state index contributed by atoms with van der Waals surface area (Å²) in [6.07, 6.45) is 7.71. The summed E-state index contributed by atoms with van der Waals surface area (Å²) in [6, 6.07) is 0. The highest BCUT2D eigenvalue weighted by atomic mass is 28.4. The zero-order chi connectivity index (χ0) is 80.0. The molecule has 2 fully saturated rings. The van der Waals surface area contributed by atoms with Crippen LogP contribution in [-0.2, 0) is 40.8 Å². The molecule has 2 heterocycles. The summed E-state index contributed by atoms with van der Waals surface area (Å²) in [5, 5.41) is 28.6. The third-order valence-electron chi connectivity index (χ3n) is 18.6. The normalized spacial score (nSPS) is 16.8. The minimum atomic E-state index is -1.87. The molecule has 2 aliphatic rings. The Kier molecular flexibility index (Phi) is 48.0. The lowest BCUT2D eigenvalue weighted by Crippen LogP contribution is -2.47. The maximum Gasteiger partial charge on any atom is 0.193 e. The van der Waals surface area contributed by atoms with Gasteiger partial charge in [-0.25, -0.2) is 0 Å². The van der Waals surface area contributed by atoms with E-state index in [1.807, 2.05) is 0 Å². The number of epoxide rings is 2. The van der Waals surface area contributed by atoms with Crippen molar-refractivity contribution < 1.29 is 56.1 Å². The van der Waals surface area contributed by atoms with E-state index in [1.54, 1.807) is 6.92 Å². The number of carbonyl (C=O) groups excluding carboxylic acids is 1. The summed E-state index contributed by atoms with van der Waals surface area (Å²) in [7, 11) is -15.9. The second kappa shape index (κ2) is 44.5. The quantitative estimate of drug-likeness (QED) is 0.0408. The molecule has 2 rings (SSSR count). The van der Waals surface area contributed by atoms with Gasteiger partial charge >= 0.3 is 0 Å². The molecule has 22 heteroatoms. The largest absolute Gasteiger partial charge is 0.414 e. The van der Waals surface area contributed by atoms with E-state index in [0.29, 0.717) is 43.6 Å². The standard InChI is InChI=1S/C20H44O2Si3.2C14H30O2Si2.C14H28O2Si2.C9H20O2Si.C3H6O2.C3H4/c1-19(2,3)24(10,11)21-17-18(15-14-16-23(7,8)9)22-25(12,13)20(4,5)6;1-14(2,3)18(7,8)16-12-13(15)10-9-11-17(4,5)6;2*1-14(2,3)18(7,8)16-13(12-15)10-9-11-17(4,5)6;1-9(2,3)12(4,5)11-7-8-6-10-8;4-1-3-2-5-3;1-3-2/h18H,15,17H2,1-13H3;2*13,15H,10,12H2,1-8H3;12-13H,10H2,1-8H3;8H,6-7H2,1-5H3;3-4H,1-2H2;1H,2H3/t18-;3*13-;8-;3-;/m111110./s1. The van der Waals surface area contributed by atoms with Crippen molar-refractivity contribution in [1.29, 1.82) is 0 Å². The van der Waals surface area contributed by atoms with E-state index in [1.165, 1.54) is 0 Å². The molecule has 0 aliphatic carbocycles. The minimum Gasteiger partial charge on any atom is -0.414 e. The maximum absolute atomic E-state index is 11.1. The van der Waals surface area contributed by atoms with Crippen LogP contribution in [0.15, 0.2) is 0 Å². The van der Waals surface area contributed by atoms with Crippen LogP contribution in [-0.4, -0.2) is 187 Å². The first kappa shape index (κ1) is 107. The maximum atomic E-state index is 11.1. The van der Waals surface area contributed by atoms with E-state index in [0.717, 1.165) is 32.5 Å². The molecule has 6 atom stereocenters. The van der Waals surface area contributed by atoms with Gasteiger partial charge in [0.2, 0.25) is 0 Å². The Balaban J connectivity index is -0.000000365. The Morgan fingerprint density at radius 1 is 0.414 bits per heavy atom. The van der Waals surface area contributed by atoms with E-state index in [9.17, 15) is 15.0 Å². The van der Waals surface area contributed by atoms with Crippen LogP contribution in [0.4, 0.5) is 0 Å². The van der Waals surface area contributed by atoms with Gasteiger partial charge in [-0.15, -0.1) is 58.2 Å². The van der Waals surface area contributed by atoms with Crippen LogP contribution in [0.5, 0.6) is 0 Å². The summed E-state index contributed by atoms with van der Waals surface area (Å²) in [4.78, 5) is 11.1. The number of aldehydes is 1. The Hall–Kier alpha value is -0.801. The van der Waals surface area contributed by atoms with Gasteiger partial charge in [0, 0.05) is 25.7 Å². The van der Waals surface area contributed by atoms with Gasteiger partial charge in [0.15, 0.2) is 49.9 Å². The highest BCUT2D eigenvalue weighted by molar-refractivity contribution is 6.85. The molecule has 582 valence electrons. The highest BCUT2D eigenvalue weighted by Crippen LogP contribution is 2.42. The SMILES string of the molecule is C#CC.CC(C)(C)[Si](C)(C)OC[C@@H](CC#C[Si](C)(C)C)O[Si](C)(C)C(C)(C)C.CC(C)(C)[Si](C)(C)OC[C@H](O)CC#C[Si](C)(C)C.CC(C)(C)[Si](C)(C)OC[C@H]1CO1.CC(C)(C)[Si](C)(C)O[C@@H](C=O)CC#C[Si](C)(C)C.CC(C)(C)[Si](C)(C)O[C@@H](CO)CC#C[Si](C)(C)C.OC[C@H]1CO1. The molecule has 2 aliphatic heterocycles. The summed E-state index contributed by atoms with van der Waals surface area (Å²) >= 11 is 0. The highest BCUT2D eigenvalue weighted by Gasteiger charge is 2.44. The molecule has 0 spiro atoms. The zero-order valence-corrected chi connectivity index (χ0v) is 82.9. The topological polar surface area (TPSA) is 158 Å². The van der Waals surface area contributed by atoms with E-state index in [2.05, 4.69) is 345 Å². The summed E-state index contributed by atoms with van der Waals surface area (Å²) in [5.41, 5.74) is 13.4. The third-order valence-corrected chi connectivity index (χ3v) is 49.4. The summed E-state index contributed by atoms with van der Waals surface area (Å²) in [5.74, 6) is 15.1. The molecule has 0 aromatic rings. The zero-order valence-electron chi connectivity index (χ0n) is 72.9. The Morgan fingerprint density at radius 3 is 0.939 bits per heavy atom. The number of hydrogen-bond acceptors (Lipinski definition) is 12. The van der Waals surface area contributed by atoms with Gasteiger partial charge in [0.25, 0.3) is 0 Å². The lowest BCUT2D eigenvalue weighted by Gasteiger charge is -2.41. The number of ether oxygens (including phenoxy) is 2. The molecule has 0 bridgehead atoms. The van der Waals surface area contributed by atoms with Gasteiger partial charge in [-0.05, 0) is 116 Å². The molecule has 0 radical (unpaired) electrons. The number of rotatable bonds is 22. The number of aliphatic hydroxyl groups excluding tert-OH is 3. The van der Waals surface area contributed by atoms with Crippen LogP contribution in [0, 0.1) is 58.2 Å².